The van der Waals surface area contributed by atoms with Crippen LogP contribution in [0.5, 0.6) is 5.75 Å². The molecule has 2 saturated heterocycles. The number of urea groups is 1. The zero-order valence-corrected chi connectivity index (χ0v) is 19.4. The second-order valence-electron chi connectivity index (χ2n) is 8.53. The normalized spacial score (nSPS) is 24.9. The van der Waals surface area contributed by atoms with Crippen LogP contribution in [0.1, 0.15) is 0 Å². The van der Waals surface area contributed by atoms with Crippen LogP contribution >= 0.6 is 0 Å². The van der Waals surface area contributed by atoms with Gasteiger partial charge in [-0.15, -0.1) is 0 Å². The van der Waals surface area contributed by atoms with Gasteiger partial charge in [-0.25, -0.2) is 13.6 Å². The molecule has 4 rings (SSSR count). The lowest BCUT2D eigenvalue weighted by atomic mass is 10.0. The third-order valence-corrected chi connectivity index (χ3v) is 6.45. The molecule has 2 heterocycles. The Balaban J connectivity index is 1.37. The minimum atomic E-state index is -0.942. The number of carbonyl (C=O) groups is 1. The fraction of sp³-hybridized carbons (Fsp3) is 0.458. The highest BCUT2D eigenvalue weighted by Crippen LogP contribution is 2.31. The fourth-order valence-electron chi connectivity index (χ4n) is 4.70. The number of halogens is 2. The quantitative estimate of drug-likeness (QED) is 0.463. The minimum absolute atomic E-state index is 0.0274. The molecule has 9 nitrogen and oxygen atoms in total. The number of rotatable bonds is 7. The maximum absolute atomic E-state index is 13.8. The van der Waals surface area contributed by atoms with Gasteiger partial charge in [0.1, 0.15) is 29.6 Å². The molecule has 190 valence electrons. The van der Waals surface area contributed by atoms with Crippen LogP contribution in [-0.4, -0.2) is 91.9 Å². The first-order valence-corrected chi connectivity index (χ1v) is 11.5. The van der Waals surface area contributed by atoms with Gasteiger partial charge in [0.2, 0.25) is 0 Å². The lowest BCUT2D eigenvalue weighted by Gasteiger charge is -2.41. The molecule has 35 heavy (non-hydrogen) atoms. The Morgan fingerprint density at radius 1 is 1.14 bits per heavy atom. The molecular formula is C24H30F2N4O5. The molecule has 0 unspecified atom stereocenters. The van der Waals surface area contributed by atoms with Gasteiger partial charge in [-0.05, 0) is 24.3 Å². The van der Waals surface area contributed by atoms with E-state index in [1.807, 2.05) is 24.3 Å². The molecule has 0 spiro atoms. The van der Waals surface area contributed by atoms with Gasteiger partial charge in [0, 0.05) is 38.8 Å². The lowest BCUT2D eigenvalue weighted by molar-refractivity contribution is -0.0205. The van der Waals surface area contributed by atoms with Gasteiger partial charge in [-0.1, -0.05) is 12.1 Å². The van der Waals surface area contributed by atoms with Gasteiger partial charge in [0.15, 0.2) is 0 Å². The van der Waals surface area contributed by atoms with Crippen molar-refractivity contribution in [3.63, 3.8) is 0 Å². The highest BCUT2D eigenvalue weighted by molar-refractivity contribution is 5.89. The van der Waals surface area contributed by atoms with Crippen molar-refractivity contribution >= 4 is 17.4 Å². The summed E-state index contributed by atoms with van der Waals surface area (Å²) >= 11 is 0. The molecule has 0 aliphatic carbocycles. The van der Waals surface area contributed by atoms with E-state index in [0.717, 1.165) is 23.6 Å². The Morgan fingerprint density at radius 2 is 1.89 bits per heavy atom. The Hall–Kier alpha value is -2.99. The average Bonchev–Trinajstić information content (AvgIpc) is 3.19. The van der Waals surface area contributed by atoms with E-state index in [4.69, 9.17) is 9.47 Å². The summed E-state index contributed by atoms with van der Waals surface area (Å²) in [5, 5.41) is 25.4. The Labute approximate surface area is 202 Å². The van der Waals surface area contributed by atoms with Crippen LogP contribution in [-0.2, 0) is 4.74 Å². The summed E-state index contributed by atoms with van der Waals surface area (Å²) in [4.78, 5) is 16.6. The van der Waals surface area contributed by atoms with E-state index in [1.165, 1.54) is 0 Å². The van der Waals surface area contributed by atoms with Crippen LogP contribution in [0.25, 0.3) is 0 Å². The number of ether oxygens (including phenoxy) is 2. The number of aliphatic hydroxyl groups excluding tert-OH is 2. The summed E-state index contributed by atoms with van der Waals surface area (Å²) in [6.45, 7) is 2.31. The van der Waals surface area contributed by atoms with Crippen LogP contribution in [0.4, 0.5) is 25.0 Å². The summed E-state index contributed by atoms with van der Waals surface area (Å²) in [5.41, 5.74) is 0.836. The number of nitrogens with one attached hydrogen (secondary N) is 2. The second kappa shape index (κ2) is 11.2. The van der Waals surface area contributed by atoms with Crippen LogP contribution < -0.4 is 20.3 Å². The third-order valence-electron chi connectivity index (χ3n) is 6.45. The number of methoxy groups -OCH3 is 1. The van der Waals surface area contributed by atoms with Crippen LogP contribution in [0, 0.1) is 11.6 Å². The summed E-state index contributed by atoms with van der Waals surface area (Å²) < 4.78 is 38.2. The van der Waals surface area contributed by atoms with Gasteiger partial charge < -0.3 is 35.2 Å². The van der Waals surface area contributed by atoms with Crippen molar-refractivity contribution in [3.05, 3.63) is 54.1 Å². The standard InChI is InChI=1S/C24H30F2N4O5/c1-34-19-5-3-2-4-18(19)29-8-10-30(11-9-29)22-20(35-21(14-31)23(22)32)13-27-24(33)28-17-7-6-15(25)12-16(17)26/h2-7,12,20-23,31-32H,8-11,13-14H2,1H3,(H2,27,28,33)/t20-,21+,22-,23-/m1/s1. The number of amides is 2. The molecule has 2 aromatic rings. The Morgan fingerprint density at radius 3 is 2.57 bits per heavy atom. The molecule has 2 aliphatic heterocycles. The molecule has 2 aliphatic rings. The maximum Gasteiger partial charge on any atom is 0.319 e. The molecule has 0 radical (unpaired) electrons. The van der Waals surface area contributed by atoms with Crippen molar-refractivity contribution in [2.24, 2.45) is 0 Å². The van der Waals surface area contributed by atoms with Gasteiger partial charge in [-0.3, -0.25) is 4.90 Å². The number of piperazine rings is 1. The van der Waals surface area contributed by atoms with Crippen LogP contribution in [0.2, 0.25) is 0 Å². The number of hydrogen-bond donors (Lipinski definition) is 4. The zero-order valence-electron chi connectivity index (χ0n) is 19.4. The Bertz CT molecular complexity index is 1020. The number of benzene rings is 2. The van der Waals surface area contributed by atoms with Crippen molar-refractivity contribution < 1.29 is 33.3 Å². The highest BCUT2D eigenvalue weighted by atomic mass is 19.1. The van der Waals surface area contributed by atoms with Crippen molar-refractivity contribution in [3.8, 4) is 5.75 Å². The topological polar surface area (TPSA) is 107 Å². The molecule has 4 atom stereocenters. The molecule has 4 N–H and O–H groups in total. The SMILES string of the molecule is COc1ccccc1N1CCN([C@H]2[C@H](O)[C@H](CO)O[C@@H]2CNC(=O)Nc2ccc(F)cc2F)CC1. The molecule has 2 aromatic carbocycles. The molecule has 2 fully saturated rings. The lowest BCUT2D eigenvalue weighted by Crippen LogP contribution is -2.57. The maximum atomic E-state index is 13.8. The smallest absolute Gasteiger partial charge is 0.319 e. The molecule has 2 amide bonds. The van der Waals surface area contributed by atoms with E-state index in [0.29, 0.717) is 32.2 Å². The van der Waals surface area contributed by atoms with Gasteiger partial charge in [-0.2, -0.15) is 0 Å². The van der Waals surface area contributed by atoms with Crippen molar-refractivity contribution in [1.29, 1.82) is 0 Å². The predicted octanol–water partition coefficient (Wildman–Crippen LogP) is 1.41. The van der Waals surface area contributed by atoms with Gasteiger partial charge in [0.25, 0.3) is 0 Å². The van der Waals surface area contributed by atoms with E-state index < -0.39 is 42.0 Å². The third kappa shape index (κ3) is 5.64. The first-order valence-electron chi connectivity index (χ1n) is 11.5. The van der Waals surface area contributed by atoms with Crippen molar-refractivity contribution in [1.82, 2.24) is 10.2 Å². The van der Waals surface area contributed by atoms with E-state index >= 15 is 0 Å². The van der Waals surface area contributed by atoms with E-state index in [1.54, 1.807) is 7.11 Å². The number of nitrogens with zero attached hydrogens (tertiary/aromatic N) is 2. The summed E-state index contributed by atoms with van der Waals surface area (Å²) in [6, 6.07) is 9.49. The number of anilines is 2. The summed E-state index contributed by atoms with van der Waals surface area (Å²) in [5.74, 6) is -0.847. The van der Waals surface area contributed by atoms with Gasteiger partial charge in [0.05, 0.1) is 37.2 Å². The number of aliphatic hydroxyl groups is 2. The van der Waals surface area contributed by atoms with Crippen molar-refractivity contribution in [2.75, 3.05) is 56.7 Å². The fourth-order valence-corrected chi connectivity index (χ4v) is 4.70. The predicted molar refractivity (Wildman–Crippen MR) is 126 cm³/mol. The van der Waals surface area contributed by atoms with E-state index in [-0.39, 0.29) is 18.8 Å². The number of para-hydroxylation sites is 2. The monoisotopic (exact) mass is 492 g/mol. The summed E-state index contributed by atoms with van der Waals surface area (Å²) in [6.07, 6.45) is -2.32. The molecule has 0 saturated carbocycles. The van der Waals surface area contributed by atoms with Crippen molar-refractivity contribution in [2.45, 2.75) is 24.4 Å². The Kier molecular flexibility index (Phi) is 8.01. The minimum Gasteiger partial charge on any atom is -0.495 e. The number of carbonyl (C=O) groups excluding carboxylic acids is 1. The van der Waals surface area contributed by atoms with Crippen LogP contribution in [0.3, 0.4) is 0 Å². The molecule has 0 aromatic heterocycles. The first-order chi connectivity index (χ1) is 16.9. The largest absolute Gasteiger partial charge is 0.495 e. The van der Waals surface area contributed by atoms with E-state index in [2.05, 4.69) is 20.4 Å². The number of hydrogen-bond acceptors (Lipinski definition) is 7. The molecule has 0 bridgehead atoms. The second-order valence-corrected chi connectivity index (χ2v) is 8.53. The van der Waals surface area contributed by atoms with Gasteiger partial charge >= 0.3 is 6.03 Å². The average molecular weight is 493 g/mol. The van der Waals surface area contributed by atoms with Crippen LogP contribution in [0.15, 0.2) is 42.5 Å². The first kappa shape index (κ1) is 25.1. The highest BCUT2D eigenvalue weighted by Gasteiger charge is 2.46. The summed E-state index contributed by atoms with van der Waals surface area (Å²) in [7, 11) is 1.63. The molecule has 11 heteroatoms. The van der Waals surface area contributed by atoms with E-state index in [9.17, 15) is 23.8 Å². The zero-order chi connectivity index (χ0) is 24.9. The molecular weight excluding hydrogens is 462 g/mol.